The zero-order valence-corrected chi connectivity index (χ0v) is 11.7. The second-order valence-corrected chi connectivity index (χ2v) is 5.58. The summed E-state index contributed by atoms with van der Waals surface area (Å²) in [6.45, 7) is 13.4. The number of hydrogen-bond donors (Lipinski definition) is 1. The fourth-order valence-corrected chi connectivity index (χ4v) is 1.66. The van der Waals surface area contributed by atoms with E-state index in [0.717, 1.165) is 0 Å². The second kappa shape index (κ2) is 6.58. The normalized spacial score (nSPS) is 14.5. The van der Waals surface area contributed by atoms with Crippen molar-refractivity contribution in [3.8, 4) is 0 Å². The molecule has 17 heavy (non-hydrogen) atoms. The monoisotopic (exact) mass is 239 g/mol. The number of Topliss-reactive ketones (excluding diaryl/α,β-unsaturated/α-hetero) is 1. The van der Waals surface area contributed by atoms with E-state index >= 15 is 0 Å². The van der Waals surface area contributed by atoms with Gasteiger partial charge >= 0.3 is 0 Å². The van der Waals surface area contributed by atoms with Crippen molar-refractivity contribution in [2.45, 2.75) is 53.0 Å². The van der Waals surface area contributed by atoms with Crippen LogP contribution >= 0.6 is 0 Å². The number of carbonyl (C=O) groups excluding carboxylic acids is 2. The highest BCUT2D eigenvalue weighted by Crippen LogP contribution is 2.22. The molecule has 0 aromatic carbocycles. The first kappa shape index (κ1) is 15.9. The number of ketones is 1. The summed E-state index contributed by atoms with van der Waals surface area (Å²) in [5, 5.41) is 2.87. The predicted molar refractivity (Wildman–Crippen MR) is 70.7 cm³/mol. The van der Waals surface area contributed by atoms with Gasteiger partial charge in [-0.2, -0.15) is 0 Å². The Balaban J connectivity index is 4.67. The molecular weight excluding hydrogens is 214 g/mol. The zero-order valence-electron chi connectivity index (χ0n) is 11.7. The van der Waals surface area contributed by atoms with Gasteiger partial charge in [0.2, 0.25) is 5.91 Å². The molecule has 0 aromatic heterocycles. The molecule has 0 spiro atoms. The summed E-state index contributed by atoms with van der Waals surface area (Å²) in [7, 11) is 0. The molecule has 0 saturated carbocycles. The minimum absolute atomic E-state index is 0.195. The Bertz CT molecular complexity index is 295. The van der Waals surface area contributed by atoms with E-state index in [9.17, 15) is 9.59 Å². The van der Waals surface area contributed by atoms with Gasteiger partial charge in [-0.1, -0.05) is 34.3 Å². The number of amides is 1. The van der Waals surface area contributed by atoms with Crippen LogP contribution in [0.5, 0.6) is 0 Å². The van der Waals surface area contributed by atoms with Crippen molar-refractivity contribution in [2.24, 2.45) is 11.8 Å². The quantitative estimate of drug-likeness (QED) is 0.694. The maximum Gasteiger partial charge on any atom is 0.243 e. The topological polar surface area (TPSA) is 46.2 Å². The van der Waals surface area contributed by atoms with Gasteiger partial charge in [-0.25, -0.2) is 0 Å². The Hall–Kier alpha value is -1.12. The van der Waals surface area contributed by atoms with Crippen molar-refractivity contribution >= 4 is 11.7 Å². The Labute approximate surface area is 105 Å². The molecule has 0 saturated heterocycles. The molecule has 0 fully saturated rings. The first-order chi connectivity index (χ1) is 7.71. The molecule has 0 heterocycles. The molecule has 1 N–H and O–H groups in total. The highest BCUT2D eigenvalue weighted by atomic mass is 16.1. The molecule has 0 aliphatic carbocycles. The average molecular weight is 239 g/mol. The predicted octanol–water partition coefficient (Wildman–Crippen LogP) is 2.71. The minimum Gasteiger partial charge on any atom is -0.347 e. The van der Waals surface area contributed by atoms with Gasteiger partial charge in [0, 0.05) is 18.4 Å². The van der Waals surface area contributed by atoms with E-state index in [-0.39, 0.29) is 17.6 Å². The van der Waals surface area contributed by atoms with E-state index < -0.39 is 5.54 Å². The van der Waals surface area contributed by atoms with E-state index in [1.54, 1.807) is 0 Å². The van der Waals surface area contributed by atoms with Crippen LogP contribution in [0.3, 0.4) is 0 Å². The molecule has 0 bridgehead atoms. The molecule has 0 aliphatic rings. The third-order valence-corrected chi connectivity index (χ3v) is 3.07. The summed E-state index contributed by atoms with van der Waals surface area (Å²) in [5.74, 6) is 0.524. The smallest absolute Gasteiger partial charge is 0.243 e. The van der Waals surface area contributed by atoms with E-state index in [0.29, 0.717) is 18.8 Å². The SMILES string of the molecule is C=CC(=O)NC(C)(CC(=O)CC(C)C)C(C)C. The van der Waals surface area contributed by atoms with Crippen LogP contribution < -0.4 is 5.32 Å². The van der Waals surface area contributed by atoms with Crippen LogP contribution in [0.4, 0.5) is 0 Å². The van der Waals surface area contributed by atoms with Crippen LogP contribution in [0.15, 0.2) is 12.7 Å². The molecule has 98 valence electrons. The van der Waals surface area contributed by atoms with Crippen LogP contribution in [-0.4, -0.2) is 17.2 Å². The highest BCUT2D eigenvalue weighted by Gasteiger charge is 2.32. The summed E-state index contributed by atoms with van der Waals surface area (Å²) in [6.07, 6.45) is 2.18. The van der Waals surface area contributed by atoms with Crippen LogP contribution in [0.25, 0.3) is 0 Å². The van der Waals surface area contributed by atoms with Crippen molar-refractivity contribution in [1.82, 2.24) is 5.32 Å². The Morgan fingerprint density at radius 1 is 1.29 bits per heavy atom. The summed E-state index contributed by atoms with van der Waals surface area (Å²) in [6, 6.07) is 0. The average Bonchev–Trinajstić information content (AvgIpc) is 2.15. The first-order valence-corrected chi connectivity index (χ1v) is 6.17. The first-order valence-electron chi connectivity index (χ1n) is 6.17. The summed E-state index contributed by atoms with van der Waals surface area (Å²) in [4.78, 5) is 23.3. The van der Waals surface area contributed by atoms with E-state index in [2.05, 4.69) is 11.9 Å². The van der Waals surface area contributed by atoms with Crippen LogP contribution in [0.1, 0.15) is 47.5 Å². The van der Waals surface area contributed by atoms with Gasteiger partial charge in [0.15, 0.2) is 0 Å². The third-order valence-electron chi connectivity index (χ3n) is 3.07. The Kier molecular flexibility index (Phi) is 6.14. The summed E-state index contributed by atoms with van der Waals surface area (Å²) < 4.78 is 0. The largest absolute Gasteiger partial charge is 0.347 e. The maximum absolute atomic E-state index is 11.9. The van der Waals surface area contributed by atoms with Crippen LogP contribution in [0, 0.1) is 11.8 Å². The van der Waals surface area contributed by atoms with E-state index in [1.165, 1.54) is 6.08 Å². The van der Waals surface area contributed by atoms with Gasteiger partial charge in [-0.3, -0.25) is 9.59 Å². The van der Waals surface area contributed by atoms with Crippen LogP contribution in [-0.2, 0) is 9.59 Å². The van der Waals surface area contributed by atoms with Crippen molar-refractivity contribution in [3.63, 3.8) is 0 Å². The van der Waals surface area contributed by atoms with Gasteiger partial charge in [-0.05, 0) is 24.8 Å². The maximum atomic E-state index is 11.9. The van der Waals surface area contributed by atoms with E-state index in [1.807, 2.05) is 34.6 Å². The molecule has 0 radical (unpaired) electrons. The summed E-state index contributed by atoms with van der Waals surface area (Å²) >= 11 is 0. The zero-order chi connectivity index (χ0) is 13.6. The standard InChI is InChI=1S/C14H25NO2/c1-7-13(17)15-14(6,11(4)5)9-12(16)8-10(2)3/h7,10-11H,1,8-9H2,2-6H3,(H,15,17). The molecular formula is C14H25NO2. The van der Waals surface area contributed by atoms with Crippen molar-refractivity contribution in [3.05, 3.63) is 12.7 Å². The van der Waals surface area contributed by atoms with Gasteiger partial charge in [0.05, 0.1) is 0 Å². The third kappa shape index (κ3) is 5.66. The number of hydrogen-bond acceptors (Lipinski definition) is 2. The lowest BCUT2D eigenvalue weighted by Crippen LogP contribution is -2.50. The minimum atomic E-state index is -0.489. The van der Waals surface area contributed by atoms with Gasteiger partial charge in [0.25, 0.3) is 0 Å². The highest BCUT2D eigenvalue weighted by molar-refractivity contribution is 5.88. The van der Waals surface area contributed by atoms with Crippen molar-refractivity contribution < 1.29 is 9.59 Å². The molecule has 1 amide bonds. The Morgan fingerprint density at radius 3 is 2.18 bits per heavy atom. The number of carbonyl (C=O) groups is 2. The molecule has 0 rings (SSSR count). The van der Waals surface area contributed by atoms with Crippen LogP contribution in [0.2, 0.25) is 0 Å². The lowest BCUT2D eigenvalue weighted by molar-refractivity contribution is -0.123. The molecule has 3 nitrogen and oxygen atoms in total. The fourth-order valence-electron chi connectivity index (χ4n) is 1.66. The molecule has 1 atom stereocenters. The molecule has 0 aromatic rings. The molecule has 1 unspecified atom stereocenters. The van der Waals surface area contributed by atoms with Gasteiger partial charge < -0.3 is 5.32 Å². The van der Waals surface area contributed by atoms with E-state index in [4.69, 9.17) is 0 Å². The summed E-state index contributed by atoms with van der Waals surface area (Å²) in [5.41, 5.74) is -0.489. The number of rotatable bonds is 7. The van der Waals surface area contributed by atoms with Gasteiger partial charge in [-0.15, -0.1) is 0 Å². The molecule has 0 aliphatic heterocycles. The Morgan fingerprint density at radius 2 is 1.82 bits per heavy atom. The van der Waals surface area contributed by atoms with Gasteiger partial charge in [0.1, 0.15) is 5.78 Å². The lowest BCUT2D eigenvalue weighted by atomic mass is 9.82. The fraction of sp³-hybridized carbons (Fsp3) is 0.714. The second-order valence-electron chi connectivity index (χ2n) is 5.58. The van der Waals surface area contributed by atoms with Crippen molar-refractivity contribution in [1.29, 1.82) is 0 Å². The number of nitrogens with one attached hydrogen (secondary N) is 1. The molecule has 3 heteroatoms. The lowest BCUT2D eigenvalue weighted by Gasteiger charge is -2.34. The van der Waals surface area contributed by atoms with Crippen molar-refractivity contribution in [2.75, 3.05) is 0 Å².